The van der Waals surface area contributed by atoms with E-state index in [9.17, 15) is 0 Å². The fourth-order valence-electron chi connectivity index (χ4n) is 11.3. The predicted molar refractivity (Wildman–Crippen MR) is 222 cm³/mol. The lowest BCUT2D eigenvalue weighted by Gasteiger charge is -2.37. The standard InChI is InChI=1S/C50H72F4O4/c1-34-4-8-36(9-5-34)12-14-38-16-20-40(21-17-38)42-24-26-44(48(53)46(42)51)55-32-28-50(57-30-3-31-58-50)29-33-56-45-27-25-43(47(52)49(45)54)41-22-18-39(19-23-41)15-13-37-10-6-35(2)7-11-37/h24-27,34-41H,3-23,28-33H2,1-2H3. The third kappa shape index (κ3) is 11.5. The summed E-state index contributed by atoms with van der Waals surface area (Å²) in [5.74, 6) is 0.0745. The summed E-state index contributed by atoms with van der Waals surface area (Å²) in [6.45, 7) is 5.70. The molecule has 0 bridgehead atoms. The first-order valence-electron chi connectivity index (χ1n) is 23.7. The van der Waals surface area contributed by atoms with Crippen LogP contribution in [-0.2, 0) is 9.47 Å². The van der Waals surface area contributed by atoms with Crippen LogP contribution in [0.3, 0.4) is 0 Å². The number of rotatable bonds is 16. The van der Waals surface area contributed by atoms with E-state index in [2.05, 4.69) is 13.8 Å². The van der Waals surface area contributed by atoms with Crippen molar-refractivity contribution in [1.82, 2.24) is 0 Å². The zero-order chi connectivity index (χ0) is 40.5. The van der Waals surface area contributed by atoms with E-state index >= 15 is 17.6 Å². The molecule has 0 N–H and O–H groups in total. The van der Waals surface area contributed by atoms with Crippen LogP contribution in [0.1, 0.15) is 184 Å². The van der Waals surface area contributed by atoms with Crippen LogP contribution in [0.15, 0.2) is 24.3 Å². The Bertz CT molecular complexity index is 1450. The number of benzene rings is 2. The maximum absolute atomic E-state index is 15.5. The molecule has 5 aliphatic rings. The Morgan fingerprint density at radius 1 is 0.483 bits per heavy atom. The van der Waals surface area contributed by atoms with Gasteiger partial charge in [-0.3, -0.25) is 0 Å². The Hall–Kier alpha value is -2.32. The lowest BCUT2D eigenvalue weighted by Crippen LogP contribution is -2.43. The molecule has 58 heavy (non-hydrogen) atoms. The first-order chi connectivity index (χ1) is 28.2. The molecule has 324 valence electrons. The fourth-order valence-corrected chi connectivity index (χ4v) is 11.3. The minimum absolute atomic E-state index is 0.0283. The van der Waals surface area contributed by atoms with Gasteiger partial charge in [0.05, 0.1) is 26.4 Å². The van der Waals surface area contributed by atoms with Crippen molar-refractivity contribution in [3.8, 4) is 11.5 Å². The highest BCUT2D eigenvalue weighted by atomic mass is 19.2. The molecule has 4 aliphatic carbocycles. The van der Waals surface area contributed by atoms with Crippen molar-refractivity contribution in [2.75, 3.05) is 26.4 Å². The van der Waals surface area contributed by atoms with Gasteiger partial charge >= 0.3 is 0 Å². The molecule has 1 saturated heterocycles. The van der Waals surface area contributed by atoms with Crippen LogP contribution in [0, 0.1) is 58.8 Å². The lowest BCUT2D eigenvalue weighted by atomic mass is 9.74. The second kappa shape index (κ2) is 21.0. The zero-order valence-electron chi connectivity index (χ0n) is 35.7. The second-order valence-corrected chi connectivity index (χ2v) is 19.6. The van der Waals surface area contributed by atoms with Crippen molar-refractivity contribution in [3.63, 3.8) is 0 Å². The molecule has 2 aromatic rings. The molecule has 2 aromatic carbocycles. The van der Waals surface area contributed by atoms with Gasteiger partial charge in [-0.2, -0.15) is 8.78 Å². The largest absolute Gasteiger partial charge is 0.490 e. The molecule has 0 unspecified atom stereocenters. The van der Waals surface area contributed by atoms with Crippen LogP contribution < -0.4 is 9.47 Å². The molecule has 7 rings (SSSR count). The van der Waals surface area contributed by atoms with Crippen LogP contribution in [0.2, 0.25) is 0 Å². The van der Waals surface area contributed by atoms with E-state index in [-0.39, 0.29) is 49.4 Å². The van der Waals surface area contributed by atoms with E-state index in [4.69, 9.17) is 18.9 Å². The molecular weight excluding hydrogens is 741 g/mol. The molecule has 0 radical (unpaired) electrons. The molecule has 4 nitrogen and oxygen atoms in total. The van der Waals surface area contributed by atoms with Crippen molar-refractivity contribution in [2.45, 2.75) is 179 Å². The van der Waals surface area contributed by atoms with Gasteiger partial charge < -0.3 is 18.9 Å². The van der Waals surface area contributed by atoms with Gasteiger partial charge in [-0.15, -0.1) is 0 Å². The Kier molecular flexibility index (Phi) is 15.8. The SMILES string of the molecule is CC1CCC(CCC2CCC(c3ccc(OCCC4(CCOc5ccc(C6CCC(CCC7CCC(C)CC7)CC6)c(F)c5F)OCCCO4)c(F)c3F)CC2)CC1. The number of halogens is 4. The molecule has 0 amide bonds. The maximum atomic E-state index is 15.5. The smallest absolute Gasteiger partial charge is 0.200 e. The monoisotopic (exact) mass is 813 g/mol. The van der Waals surface area contributed by atoms with Crippen LogP contribution in [0.25, 0.3) is 0 Å². The molecule has 5 fully saturated rings. The Balaban J connectivity index is 0.848. The summed E-state index contributed by atoms with van der Waals surface area (Å²) < 4.78 is 85.4. The third-order valence-electron chi connectivity index (χ3n) is 15.5. The molecular formula is C50H72F4O4. The first kappa shape index (κ1) is 43.8. The van der Waals surface area contributed by atoms with Gasteiger partial charge in [0.25, 0.3) is 0 Å². The van der Waals surface area contributed by atoms with Crippen LogP contribution in [-0.4, -0.2) is 32.2 Å². The van der Waals surface area contributed by atoms with E-state index in [0.29, 0.717) is 36.2 Å². The average Bonchev–Trinajstić information content (AvgIpc) is 3.24. The molecule has 1 heterocycles. The summed E-state index contributed by atoms with van der Waals surface area (Å²) in [6.07, 6.45) is 25.1. The minimum atomic E-state index is -1.09. The van der Waals surface area contributed by atoms with Gasteiger partial charge in [0, 0.05) is 12.8 Å². The summed E-state index contributed by atoms with van der Waals surface area (Å²) in [5, 5.41) is 0. The van der Waals surface area contributed by atoms with Crippen molar-refractivity contribution in [1.29, 1.82) is 0 Å². The topological polar surface area (TPSA) is 36.9 Å². The fraction of sp³-hybridized carbons (Fsp3) is 0.760. The molecule has 1 aliphatic heterocycles. The summed E-state index contributed by atoms with van der Waals surface area (Å²) >= 11 is 0. The summed E-state index contributed by atoms with van der Waals surface area (Å²) in [7, 11) is 0. The highest BCUT2D eigenvalue weighted by Crippen LogP contribution is 2.43. The van der Waals surface area contributed by atoms with E-state index < -0.39 is 29.1 Å². The molecule has 8 heteroatoms. The van der Waals surface area contributed by atoms with Gasteiger partial charge in [0.2, 0.25) is 11.6 Å². The van der Waals surface area contributed by atoms with E-state index in [1.165, 1.54) is 77.0 Å². The predicted octanol–water partition coefficient (Wildman–Crippen LogP) is 14.4. The maximum Gasteiger partial charge on any atom is 0.200 e. The highest BCUT2D eigenvalue weighted by Gasteiger charge is 2.36. The number of ether oxygens (including phenoxy) is 4. The average molecular weight is 813 g/mol. The second-order valence-electron chi connectivity index (χ2n) is 19.6. The van der Waals surface area contributed by atoms with Gasteiger partial charge in [-0.1, -0.05) is 103 Å². The van der Waals surface area contributed by atoms with Crippen molar-refractivity contribution in [3.05, 3.63) is 58.7 Å². The Morgan fingerprint density at radius 3 is 1.19 bits per heavy atom. The van der Waals surface area contributed by atoms with Crippen LogP contribution in [0.4, 0.5) is 17.6 Å². The third-order valence-corrected chi connectivity index (χ3v) is 15.5. The lowest BCUT2D eigenvalue weighted by molar-refractivity contribution is -0.277. The van der Waals surface area contributed by atoms with E-state index in [0.717, 1.165) is 81.5 Å². The Labute approximate surface area is 346 Å². The van der Waals surface area contributed by atoms with Crippen molar-refractivity contribution < 1.29 is 36.5 Å². The van der Waals surface area contributed by atoms with Gasteiger partial charge in [-0.25, -0.2) is 8.78 Å². The van der Waals surface area contributed by atoms with Crippen molar-refractivity contribution >= 4 is 0 Å². The number of hydrogen-bond acceptors (Lipinski definition) is 4. The van der Waals surface area contributed by atoms with Gasteiger partial charge in [-0.05, 0) is 128 Å². The Morgan fingerprint density at radius 2 is 0.828 bits per heavy atom. The van der Waals surface area contributed by atoms with E-state index in [1.807, 2.05) is 0 Å². The zero-order valence-corrected chi connectivity index (χ0v) is 35.7. The number of hydrogen-bond donors (Lipinski definition) is 0. The van der Waals surface area contributed by atoms with E-state index in [1.54, 1.807) is 24.3 Å². The summed E-state index contributed by atoms with van der Waals surface area (Å²) in [4.78, 5) is 0. The molecule has 0 aromatic heterocycles. The quantitative estimate of drug-likeness (QED) is 0.158. The first-order valence-corrected chi connectivity index (χ1v) is 23.7. The molecule has 4 saturated carbocycles. The minimum Gasteiger partial charge on any atom is -0.490 e. The summed E-state index contributed by atoms with van der Waals surface area (Å²) in [6, 6.07) is 6.49. The van der Waals surface area contributed by atoms with Crippen molar-refractivity contribution in [2.24, 2.45) is 35.5 Å². The van der Waals surface area contributed by atoms with Gasteiger partial charge in [0.1, 0.15) is 0 Å². The molecule has 0 atom stereocenters. The summed E-state index contributed by atoms with van der Waals surface area (Å²) in [5.41, 5.74) is 0.909. The van der Waals surface area contributed by atoms with Gasteiger partial charge in [0.15, 0.2) is 28.9 Å². The van der Waals surface area contributed by atoms with Crippen LogP contribution >= 0.6 is 0 Å². The molecule has 0 spiro atoms. The highest BCUT2D eigenvalue weighted by molar-refractivity contribution is 5.34. The van der Waals surface area contributed by atoms with Crippen LogP contribution in [0.5, 0.6) is 11.5 Å². The normalized spacial score (nSPS) is 30.5.